The summed E-state index contributed by atoms with van der Waals surface area (Å²) < 4.78 is 36.9. The van der Waals surface area contributed by atoms with Crippen molar-refractivity contribution >= 4 is 35.0 Å². The number of carbonyl (C=O) groups excluding carboxylic acids is 1. The Morgan fingerprint density at radius 2 is 1.62 bits per heavy atom. The number of hydrogen-bond donors (Lipinski definition) is 4. The second kappa shape index (κ2) is 13.7. The maximum absolute atomic E-state index is 12.9. The molecule has 12 heteroatoms. The van der Waals surface area contributed by atoms with Gasteiger partial charge in [-0.05, 0) is 54.8 Å². The van der Waals surface area contributed by atoms with Crippen LogP contribution in [0, 0.1) is 5.92 Å². The summed E-state index contributed by atoms with van der Waals surface area (Å²) in [5.41, 5.74) is 1.61. The molecule has 0 aliphatic heterocycles. The first-order valence-corrected chi connectivity index (χ1v) is 11.1. The van der Waals surface area contributed by atoms with E-state index in [1.54, 1.807) is 19.4 Å². The van der Waals surface area contributed by atoms with Gasteiger partial charge in [0.1, 0.15) is 17.6 Å². The SMILES string of the molecule is COc1ccc(NC(=O)[C@H](CC(C)C)Nc2ccnc(Nc3ccccc3)n2)cc1.O=C(O)C(F)(F)F. The summed E-state index contributed by atoms with van der Waals surface area (Å²) in [6.45, 7) is 4.16. The van der Waals surface area contributed by atoms with Gasteiger partial charge >= 0.3 is 12.1 Å². The molecule has 0 unspecified atom stereocenters. The molecule has 0 bridgehead atoms. The number of hydrogen-bond acceptors (Lipinski definition) is 7. The highest BCUT2D eigenvalue weighted by Gasteiger charge is 2.38. The first kappa shape index (κ1) is 28.9. The molecule has 0 saturated carbocycles. The zero-order valence-electron chi connectivity index (χ0n) is 20.4. The van der Waals surface area contributed by atoms with E-state index in [2.05, 4.69) is 39.8 Å². The topological polar surface area (TPSA) is 125 Å². The van der Waals surface area contributed by atoms with Crippen molar-refractivity contribution in [1.82, 2.24) is 9.97 Å². The number of benzene rings is 2. The van der Waals surface area contributed by atoms with E-state index in [9.17, 15) is 18.0 Å². The number of amides is 1. The van der Waals surface area contributed by atoms with E-state index in [0.29, 0.717) is 29.8 Å². The number of ether oxygens (including phenoxy) is 1. The van der Waals surface area contributed by atoms with Crippen LogP contribution in [0.1, 0.15) is 20.3 Å². The van der Waals surface area contributed by atoms with E-state index in [1.807, 2.05) is 54.6 Å². The standard InChI is InChI=1S/C23H27N5O2.C2HF3O2/c1-16(2)15-20(22(29)25-18-9-11-19(30-3)12-10-18)27-21-13-14-24-23(28-21)26-17-7-5-4-6-8-17;3-2(4,5)1(6)7/h4-14,16,20H,15H2,1-3H3,(H,25,29)(H2,24,26,27,28);(H,6,7)/t20-;/m0./s1. The second-order valence-electron chi connectivity index (χ2n) is 8.10. The van der Waals surface area contributed by atoms with E-state index in [1.165, 1.54) is 0 Å². The molecule has 37 heavy (non-hydrogen) atoms. The number of aromatic nitrogens is 2. The molecule has 0 radical (unpaired) electrons. The van der Waals surface area contributed by atoms with Crippen molar-refractivity contribution in [2.24, 2.45) is 5.92 Å². The number of anilines is 4. The Morgan fingerprint density at radius 3 is 2.16 bits per heavy atom. The third-order valence-electron chi connectivity index (χ3n) is 4.63. The van der Waals surface area contributed by atoms with Gasteiger partial charge in [-0.15, -0.1) is 0 Å². The molecule has 1 heterocycles. The fourth-order valence-corrected chi connectivity index (χ4v) is 2.94. The molecule has 0 fully saturated rings. The van der Waals surface area contributed by atoms with Crippen molar-refractivity contribution in [2.45, 2.75) is 32.5 Å². The lowest BCUT2D eigenvalue weighted by atomic mass is 10.0. The largest absolute Gasteiger partial charge is 0.497 e. The van der Waals surface area contributed by atoms with Crippen molar-refractivity contribution in [3.05, 3.63) is 66.9 Å². The second-order valence-corrected chi connectivity index (χ2v) is 8.10. The van der Waals surface area contributed by atoms with E-state index in [0.717, 1.165) is 11.4 Å². The Morgan fingerprint density at radius 1 is 1.00 bits per heavy atom. The van der Waals surface area contributed by atoms with Gasteiger partial charge in [-0.2, -0.15) is 18.2 Å². The number of carboxylic acid groups (broad SMARTS) is 1. The van der Waals surface area contributed by atoms with Gasteiger partial charge in [-0.25, -0.2) is 9.78 Å². The molecule has 0 aliphatic carbocycles. The number of aliphatic carboxylic acids is 1. The van der Waals surface area contributed by atoms with E-state index < -0.39 is 18.2 Å². The zero-order chi connectivity index (χ0) is 27.4. The van der Waals surface area contributed by atoms with Crippen LogP contribution in [0.4, 0.5) is 36.3 Å². The molecule has 1 amide bonds. The summed E-state index contributed by atoms with van der Waals surface area (Å²) in [5, 5.41) is 16.5. The maximum atomic E-state index is 12.9. The summed E-state index contributed by atoms with van der Waals surface area (Å²) in [7, 11) is 1.61. The van der Waals surface area contributed by atoms with Gasteiger partial charge in [-0.3, -0.25) is 4.79 Å². The predicted octanol–water partition coefficient (Wildman–Crippen LogP) is 5.33. The molecule has 0 spiro atoms. The van der Waals surface area contributed by atoms with Crippen LogP contribution in [0.15, 0.2) is 66.9 Å². The third kappa shape index (κ3) is 10.4. The van der Waals surface area contributed by atoms with E-state index >= 15 is 0 Å². The van der Waals surface area contributed by atoms with Gasteiger partial charge in [-0.1, -0.05) is 32.0 Å². The molecule has 9 nitrogen and oxygen atoms in total. The number of halogens is 3. The van der Waals surface area contributed by atoms with Crippen LogP contribution in [0.5, 0.6) is 5.75 Å². The van der Waals surface area contributed by atoms with Crippen molar-refractivity contribution in [1.29, 1.82) is 0 Å². The fraction of sp³-hybridized carbons (Fsp3) is 0.280. The van der Waals surface area contributed by atoms with Crippen molar-refractivity contribution < 1.29 is 32.6 Å². The average molecular weight is 520 g/mol. The number of methoxy groups -OCH3 is 1. The highest BCUT2D eigenvalue weighted by atomic mass is 19.4. The lowest BCUT2D eigenvalue weighted by Gasteiger charge is -2.21. The van der Waals surface area contributed by atoms with Crippen LogP contribution in [-0.2, 0) is 9.59 Å². The molecule has 4 N–H and O–H groups in total. The van der Waals surface area contributed by atoms with Crippen molar-refractivity contribution in [3.63, 3.8) is 0 Å². The fourth-order valence-electron chi connectivity index (χ4n) is 2.94. The van der Waals surface area contributed by atoms with Gasteiger partial charge in [0.2, 0.25) is 11.9 Å². The highest BCUT2D eigenvalue weighted by Crippen LogP contribution is 2.19. The number of nitrogens with one attached hydrogen (secondary N) is 3. The monoisotopic (exact) mass is 519 g/mol. The predicted molar refractivity (Wildman–Crippen MR) is 134 cm³/mol. The first-order chi connectivity index (χ1) is 17.5. The van der Waals surface area contributed by atoms with Gasteiger partial charge in [0.25, 0.3) is 0 Å². The van der Waals surface area contributed by atoms with Gasteiger partial charge in [0, 0.05) is 17.6 Å². The molecule has 3 aromatic rings. The molecule has 0 aliphatic rings. The van der Waals surface area contributed by atoms with Crippen molar-refractivity contribution in [2.75, 3.05) is 23.1 Å². The summed E-state index contributed by atoms with van der Waals surface area (Å²) in [6.07, 6.45) is -2.76. The number of nitrogens with zero attached hydrogens (tertiary/aromatic N) is 2. The van der Waals surface area contributed by atoms with Crippen LogP contribution in [0.3, 0.4) is 0 Å². The number of para-hydroxylation sites is 1. The van der Waals surface area contributed by atoms with Crippen molar-refractivity contribution in [3.8, 4) is 5.75 Å². The number of carbonyl (C=O) groups is 2. The molecule has 1 atom stereocenters. The molecule has 0 saturated heterocycles. The molecule has 3 rings (SSSR count). The van der Waals surface area contributed by atoms with Crippen LogP contribution in [0.2, 0.25) is 0 Å². The molecule has 198 valence electrons. The van der Waals surface area contributed by atoms with Crippen LogP contribution < -0.4 is 20.7 Å². The van der Waals surface area contributed by atoms with Crippen LogP contribution in [0.25, 0.3) is 0 Å². The highest BCUT2D eigenvalue weighted by molar-refractivity contribution is 5.96. The maximum Gasteiger partial charge on any atom is 0.490 e. The van der Waals surface area contributed by atoms with Gasteiger partial charge in [0.15, 0.2) is 0 Å². The van der Waals surface area contributed by atoms with E-state index in [-0.39, 0.29) is 5.91 Å². The normalized spacial score (nSPS) is 11.5. The Bertz CT molecular complexity index is 1140. The minimum Gasteiger partial charge on any atom is -0.497 e. The average Bonchev–Trinajstić information content (AvgIpc) is 2.84. The quantitative estimate of drug-likeness (QED) is 0.299. The summed E-state index contributed by atoms with van der Waals surface area (Å²) in [5.74, 6) is -0.765. The Kier molecular flexibility index (Phi) is 10.7. The minimum absolute atomic E-state index is 0.120. The minimum atomic E-state index is -5.08. The summed E-state index contributed by atoms with van der Waals surface area (Å²) in [6, 6.07) is 18.3. The third-order valence-corrected chi connectivity index (χ3v) is 4.63. The summed E-state index contributed by atoms with van der Waals surface area (Å²) >= 11 is 0. The Labute approximate surface area is 212 Å². The number of rotatable bonds is 9. The van der Waals surface area contributed by atoms with E-state index in [4.69, 9.17) is 14.6 Å². The molecular formula is C25H28F3N5O4. The first-order valence-electron chi connectivity index (χ1n) is 11.1. The van der Waals surface area contributed by atoms with Gasteiger partial charge in [0.05, 0.1) is 7.11 Å². The molecule has 2 aromatic carbocycles. The Hall–Kier alpha value is -4.35. The number of carboxylic acids is 1. The summed E-state index contributed by atoms with van der Waals surface area (Å²) in [4.78, 5) is 30.6. The lowest BCUT2D eigenvalue weighted by molar-refractivity contribution is -0.192. The number of alkyl halides is 3. The van der Waals surface area contributed by atoms with Gasteiger partial charge < -0.3 is 25.8 Å². The smallest absolute Gasteiger partial charge is 0.490 e. The van der Waals surface area contributed by atoms with Crippen LogP contribution >= 0.6 is 0 Å². The van der Waals surface area contributed by atoms with Crippen LogP contribution in [-0.4, -0.2) is 46.3 Å². The lowest BCUT2D eigenvalue weighted by Crippen LogP contribution is -2.36. The zero-order valence-corrected chi connectivity index (χ0v) is 20.4. The molecular weight excluding hydrogens is 491 g/mol. The molecule has 1 aromatic heterocycles. The Balaban J connectivity index is 0.000000604.